The number of nitrogens with one attached hydrogen (secondary N) is 2. The number of rotatable bonds is 8. The van der Waals surface area contributed by atoms with Crippen LogP contribution in [0.15, 0.2) is 84.6 Å². The molecule has 0 aliphatic rings. The Labute approximate surface area is 186 Å². The van der Waals surface area contributed by atoms with E-state index in [0.717, 1.165) is 0 Å². The van der Waals surface area contributed by atoms with Crippen molar-refractivity contribution in [2.24, 2.45) is 0 Å². The van der Waals surface area contributed by atoms with Gasteiger partial charge in [-0.15, -0.1) is 0 Å². The van der Waals surface area contributed by atoms with E-state index < -0.39 is 11.8 Å². The third-order valence-corrected chi connectivity index (χ3v) is 4.56. The summed E-state index contributed by atoms with van der Waals surface area (Å²) in [7, 11) is 0. The van der Waals surface area contributed by atoms with Crippen LogP contribution >= 0.6 is 0 Å². The van der Waals surface area contributed by atoms with E-state index in [4.69, 9.17) is 4.74 Å². The van der Waals surface area contributed by atoms with Gasteiger partial charge < -0.3 is 15.4 Å². The van der Waals surface area contributed by atoms with Crippen LogP contribution in [0.25, 0.3) is 6.08 Å². The van der Waals surface area contributed by atoms with Gasteiger partial charge >= 0.3 is 0 Å². The fourth-order valence-electron chi connectivity index (χ4n) is 2.95. The van der Waals surface area contributed by atoms with Crippen LogP contribution < -0.4 is 15.4 Å². The summed E-state index contributed by atoms with van der Waals surface area (Å²) in [6.45, 7) is 3.91. The molecule has 6 nitrogen and oxygen atoms in total. The molecule has 0 saturated heterocycles. The van der Waals surface area contributed by atoms with Gasteiger partial charge in [-0.1, -0.05) is 42.5 Å². The molecular weight excluding hydrogens is 404 g/mol. The van der Waals surface area contributed by atoms with Crippen molar-refractivity contribution in [1.29, 1.82) is 0 Å². The number of anilines is 1. The summed E-state index contributed by atoms with van der Waals surface area (Å²) in [5.74, 6) is -0.312. The van der Waals surface area contributed by atoms with Gasteiger partial charge in [-0.3, -0.25) is 14.4 Å². The minimum atomic E-state index is -0.510. The number of hydrogen-bond acceptors (Lipinski definition) is 4. The van der Waals surface area contributed by atoms with Crippen LogP contribution in [0.2, 0.25) is 0 Å². The minimum absolute atomic E-state index is 0.0660. The van der Waals surface area contributed by atoms with E-state index >= 15 is 0 Å². The third kappa shape index (κ3) is 6.15. The maximum Gasteiger partial charge on any atom is 0.272 e. The molecule has 162 valence electrons. The Morgan fingerprint density at radius 1 is 0.875 bits per heavy atom. The van der Waals surface area contributed by atoms with Gasteiger partial charge in [-0.2, -0.15) is 0 Å². The molecule has 0 saturated carbocycles. The first kappa shape index (κ1) is 22.5. The first-order valence-electron chi connectivity index (χ1n) is 10.2. The highest BCUT2D eigenvalue weighted by Crippen LogP contribution is 2.16. The van der Waals surface area contributed by atoms with Crippen LogP contribution in [0.3, 0.4) is 0 Å². The number of ether oxygens (including phenoxy) is 1. The van der Waals surface area contributed by atoms with Crippen LogP contribution in [-0.2, 0) is 4.79 Å². The number of carbonyl (C=O) groups excluding carboxylic acids is 3. The topological polar surface area (TPSA) is 84.5 Å². The van der Waals surface area contributed by atoms with Gasteiger partial charge in [-0.05, 0) is 61.9 Å². The molecule has 0 radical (unpaired) electrons. The SMILES string of the molecule is CCOc1ccc(/C=C(\NC(=O)c2ccccc2)C(=O)Nc2cccc(C(C)=O)c2)cc1. The van der Waals surface area contributed by atoms with Gasteiger partial charge in [0.2, 0.25) is 0 Å². The normalized spacial score (nSPS) is 10.9. The summed E-state index contributed by atoms with van der Waals surface area (Å²) in [6, 6.07) is 22.4. The molecule has 0 unspecified atom stereocenters. The Morgan fingerprint density at radius 3 is 2.22 bits per heavy atom. The predicted molar refractivity (Wildman–Crippen MR) is 125 cm³/mol. The Morgan fingerprint density at radius 2 is 1.56 bits per heavy atom. The van der Waals surface area contributed by atoms with Gasteiger partial charge in [-0.25, -0.2) is 0 Å². The fraction of sp³-hybridized carbons (Fsp3) is 0.115. The molecule has 0 spiro atoms. The van der Waals surface area contributed by atoms with Gasteiger partial charge in [0.25, 0.3) is 11.8 Å². The number of carbonyl (C=O) groups is 3. The summed E-state index contributed by atoms with van der Waals surface area (Å²) in [6.07, 6.45) is 1.58. The monoisotopic (exact) mass is 428 g/mol. The number of benzene rings is 3. The molecule has 3 aromatic rings. The molecule has 0 bridgehead atoms. The van der Waals surface area contributed by atoms with Gasteiger partial charge in [0.05, 0.1) is 6.61 Å². The second kappa shape index (κ2) is 10.7. The van der Waals surface area contributed by atoms with Crippen molar-refractivity contribution in [3.05, 3.63) is 101 Å². The van der Waals surface area contributed by atoms with Crippen LogP contribution in [0, 0.1) is 0 Å². The quantitative estimate of drug-likeness (QED) is 0.402. The van der Waals surface area contributed by atoms with Gasteiger partial charge in [0.15, 0.2) is 5.78 Å². The van der Waals surface area contributed by atoms with Crippen LogP contribution in [-0.4, -0.2) is 24.2 Å². The van der Waals surface area contributed by atoms with Crippen molar-refractivity contribution in [3.63, 3.8) is 0 Å². The number of Topliss-reactive ketones (excluding diaryl/α,β-unsaturated/α-hetero) is 1. The van der Waals surface area contributed by atoms with Crippen LogP contribution in [0.5, 0.6) is 5.75 Å². The van der Waals surface area contributed by atoms with Crippen molar-refractivity contribution in [2.75, 3.05) is 11.9 Å². The Kier molecular flexibility index (Phi) is 7.54. The van der Waals surface area contributed by atoms with E-state index in [0.29, 0.717) is 34.7 Å². The lowest BCUT2D eigenvalue weighted by Crippen LogP contribution is -2.30. The Bertz CT molecular complexity index is 1140. The number of amides is 2. The zero-order valence-electron chi connectivity index (χ0n) is 17.9. The molecule has 3 rings (SSSR count). The smallest absolute Gasteiger partial charge is 0.272 e. The molecule has 0 aliphatic carbocycles. The molecule has 2 N–H and O–H groups in total. The maximum atomic E-state index is 13.0. The molecule has 3 aromatic carbocycles. The Balaban J connectivity index is 1.88. The van der Waals surface area contributed by atoms with E-state index in [1.54, 1.807) is 78.9 Å². The zero-order chi connectivity index (χ0) is 22.9. The highest BCUT2D eigenvalue weighted by molar-refractivity contribution is 6.11. The maximum absolute atomic E-state index is 13.0. The van der Waals surface area contributed by atoms with E-state index in [1.807, 2.05) is 13.0 Å². The lowest BCUT2D eigenvalue weighted by atomic mass is 10.1. The van der Waals surface area contributed by atoms with Crippen molar-refractivity contribution in [2.45, 2.75) is 13.8 Å². The minimum Gasteiger partial charge on any atom is -0.494 e. The average Bonchev–Trinajstić information content (AvgIpc) is 2.80. The average molecular weight is 428 g/mol. The molecule has 6 heteroatoms. The van der Waals surface area contributed by atoms with Gasteiger partial charge in [0, 0.05) is 16.8 Å². The molecule has 0 atom stereocenters. The molecular formula is C26H24N2O4. The summed E-state index contributed by atoms with van der Waals surface area (Å²) < 4.78 is 5.45. The number of ketones is 1. The first-order valence-corrected chi connectivity index (χ1v) is 10.2. The second-order valence-electron chi connectivity index (χ2n) is 6.97. The van der Waals surface area contributed by atoms with E-state index in [2.05, 4.69) is 10.6 Å². The molecule has 0 heterocycles. The lowest BCUT2D eigenvalue weighted by molar-refractivity contribution is -0.113. The molecule has 0 aromatic heterocycles. The highest BCUT2D eigenvalue weighted by atomic mass is 16.5. The summed E-state index contributed by atoms with van der Waals surface area (Å²) >= 11 is 0. The van der Waals surface area contributed by atoms with Crippen molar-refractivity contribution < 1.29 is 19.1 Å². The Hall–Kier alpha value is -4.19. The van der Waals surface area contributed by atoms with Crippen molar-refractivity contribution >= 4 is 29.4 Å². The molecule has 0 aliphatic heterocycles. The van der Waals surface area contributed by atoms with Crippen molar-refractivity contribution in [3.8, 4) is 5.75 Å². The van der Waals surface area contributed by atoms with E-state index in [1.165, 1.54) is 6.92 Å². The van der Waals surface area contributed by atoms with Crippen LogP contribution in [0.1, 0.15) is 40.1 Å². The fourth-order valence-corrected chi connectivity index (χ4v) is 2.95. The van der Waals surface area contributed by atoms with Crippen molar-refractivity contribution in [1.82, 2.24) is 5.32 Å². The molecule has 0 fully saturated rings. The van der Waals surface area contributed by atoms with Crippen LogP contribution in [0.4, 0.5) is 5.69 Å². The molecule has 2 amide bonds. The predicted octanol–water partition coefficient (Wildman–Crippen LogP) is 4.70. The standard InChI is InChI=1S/C26H24N2O4/c1-3-32-23-14-12-19(13-15-23)16-24(28-25(30)20-8-5-4-6-9-20)26(31)27-22-11-7-10-21(17-22)18(2)29/h4-17H,3H2,1-2H3,(H,27,31)(H,28,30)/b24-16-. The summed E-state index contributed by atoms with van der Waals surface area (Å²) in [4.78, 5) is 37.4. The lowest BCUT2D eigenvalue weighted by Gasteiger charge is -2.12. The zero-order valence-corrected chi connectivity index (χ0v) is 17.9. The largest absolute Gasteiger partial charge is 0.494 e. The summed E-state index contributed by atoms with van der Waals surface area (Å²) in [5.41, 5.74) is 2.14. The first-order chi connectivity index (χ1) is 15.5. The third-order valence-electron chi connectivity index (χ3n) is 4.56. The van der Waals surface area contributed by atoms with E-state index in [9.17, 15) is 14.4 Å². The van der Waals surface area contributed by atoms with E-state index in [-0.39, 0.29) is 11.5 Å². The van der Waals surface area contributed by atoms with Gasteiger partial charge in [0.1, 0.15) is 11.4 Å². The highest BCUT2D eigenvalue weighted by Gasteiger charge is 2.15. The summed E-state index contributed by atoms with van der Waals surface area (Å²) in [5, 5.41) is 5.44. The number of hydrogen-bond donors (Lipinski definition) is 2. The second-order valence-corrected chi connectivity index (χ2v) is 6.97. The molecule has 32 heavy (non-hydrogen) atoms.